The summed E-state index contributed by atoms with van der Waals surface area (Å²) in [5, 5.41) is 11.1. The van der Waals surface area contributed by atoms with Crippen LogP contribution >= 0.6 is 11.3 Å². The Hall–Kier alpha value is -3.03. The molecule has 0 spiro atoms. The van der Waals surface area contributed by atoms with E-state index in [0.29, 0.717) is 0 Å². The van der Waals surface area contributed by atoms with Gasteiger partial charge in [0, 0.05) is 31.9 Å². The molecule has 0 saturated carbocycles. The van der Waals surface area contributed by atoms with Crippen molar-refractivity contribution in [2.75, 3.05) is 22.9 Å². The molecule has 0 aliphatic rings. The first-order valence-corrected chi connectivity index (χ1v) is 12.6. The van der Waals surface area contributed by atoms with E-state index in [1.54, 1.807) is 11.3 Å². The summed E-state index contributed by atoms with van der Waals surface area (Å²) in [6.45, 7) is 8.00. The molecule has 5 nitrogen and oxygen atoms in total. The van der Waals surface area contributed by atoms with Gasteiger partial charge in [-0.25, -0.2) is 4.57 Å². The lowest BCUT2D eigenvalue weighted by Crippen LogP contribution is -3.00. The van der Waals surface area contributed by atoms with Crippen molar-refractivity contribution in [3.63, 3.8) is 0 Å². The van der Waals surface area contributed by atoms with Crippen LogP contribution < -0.4 is 31.3 Å². The van der Waals surface area contributed by atoms with Crippen molar-refractivity contribution >= 4 is 32.8 Å². The maximum atomic E-state index is 4.52. The molecule has 0 saturated heterocycles. The van der Waals surface area contributed by atoms with Crippen molar-refractivity contribution in [1.29, 1.82) is 0 Å². The number of azo groups is 1. The Morgan fingerprint density at radius 3 is 1.77 bits per heavy atom. The smallest absolute Gasteiger partial charge is 0.410 e. The van der Waals surface area contributed by atoms with Gasteiger partial charge in [-0.05, 0) is 65.7 Å². The van der Waals surface area contributed by atoms with Crippen molar-refractivity contribution in [3.05, 3.63) is 102 Å². The van der Waals surface area contributed by atoms with E-state index in [1.807, 2.05) is 23.7 Å². The highest BCUT2D eigenvalue weighted by atomic mass is 79.9. The Labute approximate surface area is 223 Å². The number of aryl methyl sites for hydroxylation is 1. The van der Waals surface area contributed by atoms with Gasteiger partial charge >= 0.3 is 5.13 Å². The molecule has 0 amide bonds. The second-order valence-corrected chi connectivity index (χ2v) is 9.17. The first-order chi connectivity index (χ1) is 16.7. The molecule has 0 radical (unpaired) electrons. The lowest BCUT2D eigenvalue weighted by Gasteiger charge is -2.25. The Kier molecular flexibility index (Phi) is 9.99. The highest BCUT2D eigenvalue weighted by Crippen LogP contribution is 2.29. The SMILES string of the molecule is CCN(CC)c1c[n+](C)c(N=Nc2ccc(N(Cc3ccccc3)Cc3ccccc3)cc2)s1.[Br-]. The fraction of sp³-hybridized carbons (Fsp3) is 0.250. The zero-order valence-electron chi connectivity index (χ0n) is 20.5. The topological polar surface area (TPSA) is 35.1 Å². The molecule has 4 rings (SSSR count). The third-order valence-electron chi connectivity index (χ3n) is 5.78. The summed E-state index contributed by atoms with van der Waals surface area (Å²) in [6.07, 6.45) is 2.13. The van der Waals surface area contributed by atoms with Gasteiger partial charge in [0.15, 0.2) is 0 Å². The molecule has 0 unspecified atom stereocenters. The maximum Gasteiger partial charge on any atom is 0.410 e. The van der Waals surface area contributed by atoms with Crippen LogP contribution in [0.15, 0.2) is 101 Å². The molecule has 0 aliphatic heterocycles. The van der Waals surface area contributed by atoms with Gasteiger partial charge < -0.3 is 26.8 Å². The first-order valence-electron chi connectivity index (χ1n) is 11.7. The molecule has 35 heavy (non-hydrogen) atoms. The van der Waals surface area contributed by atoms with Crippen LogP contribution in [-0.4, -0.2) is 13.1 Å². The van der Waals surface area contributed by atoms with E-state index >= 15 is 0 Å². The minimum absolute atomic E-state index is 0. The first kappa shape index (κ1) is 26.6. The molecular weight excluding hydrogens is 518 g/mol. The number of thiazole rings is 1. The van der Waals surface area contributed by atoms with Crippen LogP contribution in [0.25, 0.3) is 0 Å². The van der Waals surface area contributed by atoms with Gasteiger partial charge in [-0.3, -0.25) is 0 Å². The van der Waals surface area contributed by atoms with Gasteiger partial charge in [0.05, 0.1) is 12.2 Å². The molecule has 0 aliphatic carbocycles. The van der Waals surface area contributed by atoms with Gasteiger partial charge in [0.2, 0.25) is 0 Å². The molecule has 3 aromatic carbocycles. The summed E-state index contributed by atoms with van der Waals surface area (Å²) >= 11 is 1.67. The van der Waals surface area contributed by atoms with Gasteiger partial charge in [-0.15, -0.1) is 0 Å². The number of nitrogens with zero attached hydrogens (tertiary/aromatic N) is 5. The Morgan fingerprint density at radius 1 is 0.714 bits per heavy atom. The van der Waals surface area contributed by atoms with Crippen LogP contribution in [0.4, 0.5) is 21.5 Å². The van der Waals surface area contributed by atoms with Crippen molar-refractivity contribution in [1.82, 2.24) is 0 Å². The van der Waals surface area contributed by atoms with E-state index < -0.39 is 0 Å². The summed E-state index contributed by atoms with van der Waals surface area (Å²) in [6, 6.07) is 29.5. The third kappa shape index (κ3) is 7.23. The molecule has 182 valence electrons. The molecule has 0 atom stereocenters. The van der Waals surface area contributed by atoms with Crippen molar-refractivity contribution < 1.29 is 21.5 Å². The van der Waals surface area contributed by atoms with Crippen LogP contribution in [0.5, 0.6) is 0 Å². The predicted molar refractivity (Wildman–Crippen MR) is 142 cm³/mol. The predicted octanol–water partition coefficient (Wildman–Crippen LogP) is 4.05. The van der Waals surface area contributed by atoms with Crippen LogP contribution in [0.3, 0.4) is 0 Å². The van der Waals surface area contributed by atoms with E-state index in [1.165, 1.54) is 16.1 Å². The number of halogens is 1. The number of aromatic nitrogens is 1. The Bertz CT molecular complexity index is 1150. The minimum atomic E-state index is 0. The Morgan fingerprint density at radius 2 is 1.26 bits per heavy atom. The quantitative estimate of drug-likeness (QED) is 0.221. The normalized spacial score (nSPS) is 10.8. The van der Waals surface area contributed by atoms with Crippen LogP contribution in [0.1, 0.15) is 25.0 Å². The average molecular weight is 551 g/mol. The van der Waals surface area contributed by atoms with E-state index in [2.05, 4.69) is 113 Å². The fourth-order valence-corrected chi connectivity index (χ4v) is 4.93. The maximum absolute atomic E-state index is 4.52. The van der Waals surface area contributed by atoms with E-state index in [9.17, 15) is 0 Å². The largest absolute Gasteiger partial charge is 1.00 e. The minimum Gasteiger partial charge on any atom is -1.00 e. The summed E-state index contributed by atoms with van der Waals surface area (Å²) in [5.41, 5.74) is 4.59. The number of rotatable bonds is 10. The van der Waals surface area contributed by atoms with Gasteiger partial charge in [-0.2, -0.15) is 0 Å². The van der Waals surface area contributed by atoms with Gasteiger partial charge in [-0.1, -0.05) is 60.7 Å². The summed E-state index contributed by atoms with van der Waals surface area (Å²) < 4.78 is 2.04. The highest BCUT2D eigenvalue weighted by Gasteiger charge is 2.17. The second-order valence-electron chi connectivity index (χ2n) is 8.18. The number of hydrogen-bond donors (Lipinski definition) is 0. The van der Waals surface area contributed by atoms with Crippen LogP contribution in [-0.2, 0) is 20.1 Å². The van der Waals surface area contributed by atoms with Crippen molar-refractivity contribution in [2.24, 2.45) is 17.3 Å². The summed E-state index contributed by atoms with van der Waals surface area (Å²) in [7, 11) is 2.02. The molecule has 1 heterocycles. The fourth-order valence-electron chi connectivity index (χ4n) is 3.86. The molecule has 7 heteroatoms. The van der Waals surface area contributed by atoms with Crippen LogP contribution in [0.2, 0.25) is 0 Å². The highest BCUT2D eigenvalue weighted by molar-refractivity contribution is 7.18. The monoisotopic (exact) mass is 549 g/mol. The van der Waals surface area contributed by atoms with Crippen molar-refractivity contribution in [2.45, 2.75) is 26.9 Å². The summed E-state index contributed by atoms with van der Waals surface area (Å²) in [5.74, 6) is 0. The molecule has 0 fully saturated rings. The lowest BCUT2D eigenvalue weighted by molar-refractivity contribution is -0.653. The number of anilines is 2. The van der Waals surface area contributed by atoms with Crippen LogP contribution in [0, 0.1) is 0 Å². The van der Waals surface area contributed by atoms with Gasteiger partial charge in [0.25, 0.3) is 0 Å². The number of hydrogen-bond acceptors (Lipinski definition) is 5. The summed E-state index contributed by atoms with van der Waals surface area (Å²) in [4.78, 5) is 4.72. The zero-order valence-corrected chi connectivity index (χ0v) is 22.9. The van der Waals surface area contributed by atoms with Crippen molar-refractivity contribution in [3.8, 4) is 0 Å². The molecule has 0 N–H and O–H groups in total. The average Bonchev–Trinajstić information content (AvgIpc) is 3.25. The second kappa shape index (κ2) is 13.2. The van der Waals surface area contributed by atoms with E-state index in [-0.39, 0.29) is 17.0 Å². The standard InChI is InChI=1S/C28H32N5S.BrH/c1-4-32(5-2)27-22-31(3)28(34-27)30-29-25-16-18-26(19-17-25)33(20-23-12-8-6-9-13-23)21-24-14-10-7-11-15-24;/h6-19,22H,4-5,20-21H2,1-3H3;1H/q+1;/p-1. The molecule has 4 aromatic rings. The Balaban J connectivity index is 0.00000342. The molecular formula is C28H32BrN5S. The van der Waals surface area contributed by atoms with E-state index in [4.69, 9.17) is 0 Å². The zero-order chi connectivity index (χ0) is 23.8. The molecule has 0 bridgehead atoms. The third-order valence-corrected chi connectivity index (χ3v) is 6.90. The number of benzene rings is 3. The van der Waals surface area contributed by atoms with Gasteiger partial charge in [0.1, 0.15) is 16.9 Å². The molecule has 1 aromatic heterocycles. The lowest BCUT2D eigenvalue weighted by atomic mass is 10.1. The van der Waals surface area contributed by atoms with E-state index in [0.717, 1.165) is 42.7 Å².